The fourth-order valence-electron chi connectivity index (χ4n) is 2.07. The highest BCUT2D eigenvalue weighted by atomic mass is 35.5. The van der Waals surface area contributed by atoms with Crippen molar-refractivity contribution in [3.05, 3.63) is 41.2 Å². The van der Waals surface area contributed by atoms with E-state index in [1.807, 2.05) is 31.2 Å². The molecule has 1 aromatic carbocycles. The van der Waals surface area contributed by atoms with E-state index in [0.29, 0.717) is 17.3 Å². The SMILES string of the molecule is COCC(C)N(C)C(=O)c1cnc(Cl)c2ccccc12. The Kier molecular flexibility index (Phi) is 4.57. The second-order valence-electron chi connectivity index (χ2n) is 4.73. The van der Waals surface area contributed by atoms with E-state index in [9.17, 15) is 4.79 Å². The molecule has 0 aliphatic carbocycles. The summed E-state index contributed by atoms with van der Waals surface area (Å²) in [7, 11) is 3.38. The molecule has 0 saturated carbocycles. The third kappa shape index (κ3) is 2.76. The van der Waals surface area contributed by atoms with Gasteiger partial charge in [-0.2, -0.15) is 0 Å². The van der Waals surface area contributed by atoms with E-state index in [0.717, 1.165) is 10.8 Å². The third-order valence-corrected chi connectivity index (χ3v) is 3.67. The standard InChI is InChI=1S/C15H17ClN2O2/c1-10(9-20-3)18(2)15(19)13-8-17-14(16)12-7-5-4-6-11(12)13/h4-8,10H,9H2,1-3H3. The van der Waals surface area contributed by atoms with Crippen molar-refractivity contribution in [1.82, 2.24) is 9.88 Å². The number of carbonyl (C=O) groups excluding carboxylic acids is 1. The molecule has 20 heavy (non-hydrogen) atoms. The number of nitrogens with zero attached hydrogens (tertiary/aromatic N) is 2. The van der Waals surface area contributed by atoms with Gasteiger partial charge in [0.15, 0.2) is 0 Å². The fourth-order valence-corrected chi connectivity index (χ4v) is 2.29. The van der Waals surface area contributed by atoms with Gasteiger partial charge in [0.05, 0.1) is 18.2 Å². The smallest absolute Gasteiger partial charge is 0.256 e. The van der Waals surface area contributed by atoms with Crippen molar-refractivity contribution in [1.29, 1.82) is 0 Å². The number of ether oxygens (including phenoxy) is 1. The second kappa shape index (κ2) is 6.20. The van der Waals surface area contributed by atoms with Crippen LogP contribution in [0.3, 0.4) is 0 Å². The van der Waals surface area contributed by atoms with E-state index in [-0.39, 0.29) is 11.9 Å². The molecule has 0 saturated heterocycles. The summed E-state index contributed by atoms with van der Waals surface area (Å²) in [6.45, 7) is 2.42. The Bertz CT molecular complexity index is 630. The quantitative estimate of drug-likeness (QED) is 0.814. The summed E-state index contributed by atoms with van der Waals surface area (Å²) in [5, 5.41) is 2.01. The first-order valence-electron chi connectivity index (χ1n) is 6.35. The molecule has 0 N–H and O–H groups in total. The zero-order valence-electron chi connectivity index (χ0n) is 11.8. The molecule has 1 unspecified atom stereocenters. The van der Waals surface area contributed by atoms with Crippen molar-refractivity contribution in [2.45, 2.75) is 13.0 Å². The lowest BCUT2D eigenvalue weighted by atomic mass is 10.1. The minimum atomic E-state index is -0.0880. The number of rotatable bonds is 4. The normalized spacial score (nSPS) is 12.4. The maximum absolute atomic E-state index is 12.6. The number of aromatic nitrogens is 1. The summed E-state index contributed by atoms with van der Waals surface area (Å²) < 4.78 is 5.09. The van der Waals surface area contributed by atoms with Crippen LogP contribution >= 0.6 is 11.6 Å². The highest BCUT2D eigenvalue weighted by molar-refractivity contribution is 6.34. The molecular formula is C15H17ClN2O2. The van der Waals surface area contributed by atoms with E-state index >= 15 is 0 Å². The molecule has 0 spiro atoms. The Balaban J connectivity index is 2.43. The molecule has 4 nitrogen and oxygen atoms in total. The number of pyridine rings is 1. The summed E-state index contributed by atoms with van der Waals surface area (Å²) in [5.41, 5.74) is 0.551. The van der Waals surface area contributed by atoms with Crippen molar-refractivity contribution in [3.8, 4) is 0 Å². The molecule has 1 heterocycles. The molecule has 0 aliphatic heterocycles. The van der Waals surface area contributed by atoms with Gasteiger partial charge >= 0.3 is 0 Å². The van der Waals surface area contributed by atoms with Crippen LogP contribution in [0.15, 0.2) is 30.5 Å². The first-order chi connectivity index (χ1) is 9.56. The van der Waals surface area contributed by atoms with Crippen molar-refractivity contribution >= 4 is 28.3 Å². The number of hydrogen-bond donors (Lipinski definition) is 0. The predicted molar refractivity (Wildman–Crippen MR) is 80.2 cm³/mol. The molecule has 5 heteroatoms. The molecule has 106 valence electrons. The van der Waals surface area contributed by atoms with Crippen LogP contribution in [-0.2, 0) is 4.74 Å². The molecule has 0 bridgehead atoms. The van der Waals surface area contributed by atoms with Crippen LogP contribution in [0.2, 0.25) is 5.15 Å². The number of likely N-dealkylation sites (N-methyl/N-ethyl adjacent to an activating group) is 1. The van der Waals surface area contributed by atoms with Gasteiger partial charge in [0.2, 0.25) is 0 Å². The number of carbonyl (C=O) groups is 1. The van der Waals surface area contributed by atoms with E-state index < -0.39 is 0 Å². The molecule has 0 fully saturated rings. The van der Waals surface area contributed by atoms with E-state index in [2.05, 4.69) is 4.98 Å². The summed E-state index contributed by atoms with van der Waals surface area (Å²) in [6.07, 6.45) is 1.53. The Hall–Kier alpha value is -1.65. The Labute approximate surface area is 123 Å². The number of benzene rings is 1. The summed E-state index contributed by atoms with van der Waals surface area (Å²) in [5.74, 6) is -0.0880. The number of fused-ring (bicyclic) bond motifs is 1. The van der Waals surface area contributed by atoms with Crippen LogP contribution in [-0.4, -0.2) is 42.6 Å². The lowest BCUT2D eigenvalue weighted by Crippen LogP contribution is -2.37. The lowest BCUT2D eigenvalue weighted by molar-refractivity contribution is 0.0635. The number of amides is 1. The summed E-state index contributed by atoms with van der Waals surface area (Å²) in [6, 6.07) is 7.49. The Morgan fingerprint density at radius 1 is 1.40 bits per heavy atom. The number of methoxy groups -OCH3 is 1. The molecule has 2 aromatic rings. The average molecular weight is 293 g/mol. The van der Waals surface area contributed by atoms with Crippen molar-refractivity contribution in [2.75, 3.05) is 20.8 Å². The van der Waals surface area contributed by atoms with Crippen LogP contribution in [0.5, 0.6) is 0 Å². The molecule has 1 aromatic heterocycles. The molecular weight excluding hydrogens is 276 g/mol. The molecule has 0 aliphatic rings. The largest absolute Gasteiger partial charge is 0.383 e. The van der Waals surface area contributed by atoms with Gasteiger partial charge in [-0.05, 0) is 12.3 Å². The predicted octanol–water partition coefficient (Wildman–Crippen LogP) is 3.00. The van der Waals surface area contributed by atoms with Gasteiger partial charge < -0.3 is 9.64 Å². The summed E-state index contributed by atoms with van der Waals surface area (Å²) in [4.78, 5) is 18.3. The van der Waals surface area contributed by atoms with Gasteiger partial charge in [0.25, 0.3) is 5.91 Å². The Morgan fingerprint density at radius 3 is 2.70 bits per heavy atom. The second-order valence-corrected chi connectivity index (χ2v) is 5.09. The molecule has 1 atom stereocenters. The van der Waals surface area contributed by atoms with Crippen molar-refractivity contribution < 1.29 is 9.53 Å². The minimum absolute atomic E-state index is 0.0121. The monoisotopic (exact) mass is 292 g/mol. The van der Waals surface area contributed by atoms with E-state index in [4.69, 9.17) is 16.3 Å². The highest BCUT2D eigenvalue weighted by Crippen LogP contribution is 2.25. The average Bonchev–Trinajstić information content (AvgIpc) is 2.47. The summed E-state index contributed by atoms with van der Waals surface area (Å²) >= 11 is 6.07. The van der Waals surface area contributed by atoms with Crippen molar-refractivity contribution in [3.63, 3.8) is 0 Å². The van der Waals surface area contributed by atoms with Gasteiger partial charge in [-0.3, -0.25) is 4.79 Å². The maximum atomic E-state index is 12.6. The minimum Gasteiger partial charge on any atom is -0.383 e. The van der Waals surface area contributed by atoms with Gasteiger partial charge in [-0.15, -0.1) is 0 Å². The highest BCUT2D eigenvalue weighted by Gasteiger charge is 2.20. The van der Waals surface area contributed by atoms with Gasteiger partial charge in [-0.25, -0.2) is 4.98 Å². The number of hydrogen-bond acceptors (Lipinski definition) is 3. The maximum Gasteiger partial charge on any atom is 0.256 e. The van der Waals surface area contributed by atoms with E-state index in [1.165, 1.54) is 6.20 Å². The molecule has 2 rings (SSSR count). The van der Waals surface area contributed by atoms with Crippen LogP contribution < -0.4 is 0 Å². The van der Waals surface area contributed by atoms with E-state index in [1.54, 1.807) is 19.1 Å². The van der Waals surface area contributed by atoms with Crippen LogP contribution in [0.1, 0.15) is 17.3 Å². The number of halogens is 1. The molecule has 1 amide bonds. The fraction of sp³-hybridized carbons (Fsp3) is 0.333. The van der Waals surface area contributed by atoms with Gasteiger partial charge in [0, 0.05) is 25.7 Å². The zero-order valence-corrected chi connectivity index (χ0v) is 12.5. The molecule has 0 radical (unpaired) electrons. The van der Waals surface area contributed by atoms with Crippen molar-refractivity contribution in [2.24, 2.45) is 0 Å². The third-order valence-electron chi connectivity index (χ3n) is 3.37. The van der Waals surface area contributed by atoms with Crippen LogP contribution in [0.25, 0.3) is 10.8 Å². The first-order valence-corrected chi connectivity index (χ1v) is 6.73. The first kappa shape index (κ1) is 14.8. The topological polar surface area (TPSA) is 42.4 Å². The van der Waals surface area contributed by atoms with Gasteiger partial charge in [0.1, 0.15) is 5.15 Å². The van der Waals surface area contributed by atoms with Crippen LogP contribution in [0.4, 0.5) is 0 Å². The lowest BCUT2D eigenvalue weighted by Gasteiger charge is -2.24. The van der Waals surface area contributed by atoms with Gasteiger partial charge in [-0.1, -0.05) is 35.9 Å². The Morgan fingerprint density at radius 2 is 2.05 bits per heavy atom. The van der Waals surface area contributed by atoms with Crippen LogP contribution in [0, 0.1) is 0 Å². The zero-order chi connectivity index (χ0) is 14.7.